The number of hydrogen-bond acceptors (Lipinski definition) is 4. The number of piperidine rings is 1. The van der Waals surface area contributed by atoms with E-state index < -0.39 is 11.4 Å². The second-order valence-electron chi connectivity index (χ2n) is 6.35. The highest BCUT2D eigenvalue weighted by atomic mass is 16.4. The maximum absolute atomic E-state index is 12.5. The summed E-state index contributed by atoms with van der Waals surface area (Å²) in [7, 11) is 1.88. The second-order valence-corrected chi connectivity index (χ2v) is 6.35. The predicted octanol–water partition coefficient (Wildman–Crippen LogP) is 1.62. The van der Waals surface area contributed by atoms with Crippen LogP contribution in [0.3, 0.4) is 0 Å². The average Bonchev–Trinajstić information content (AvgIpc) is 2.55. The molecule has 1 aliphatic heterocycles. The summed E-state index contributed by atoms with van der Waals surface area (Å²) in [4.78, 5) is 31.9. The van der Waals surface area contributed by atoms with Gasteiger partial charge in [-0.05, 0) is 38.4 Å². The molecule has 0 unspecified atom stereocenters. The molecule has 126 valence electrons. The molecule has 1 aromatic heterocycles. The van der Waals surface area contributed by atoms with E-state index in [-0.39, 0.29) is 12.5 Å². The normalized spacial score (nSPS) is 21.4. The summed E-state index contributed by atoms with van der Waals surface area (Å²) in [6.45, 7) is 3.71. The molecule has 0 bridgehead atoms. The number of carbonyl (C=O) groups excluding carboxylic acids is 1. The van der Waals surface area contributed by atoms with Crippen LogP contribution in [0.15, 0.2) is 24.4 Å². The Balaban J connectivity index is 1.93. The number of hydrogen-bond donors (Lipinski definition) is 1. The fourth-order valence-electron chi connectivity index (χ4n) is 3.11. The van der Waals surface area contributed by atoms with Crippen LogP contribution in [0.1, 0.15) is 31.9 Å². The lowest BCUT2D eigenvalue weighted by Gasteiger charge is -2.39. The molecule has 1 N–H and O–H groups in total. The lowest BCUT2D eigenvalue weighted by Crippen LogP contribution is -2.51. The Kier molecular flexibility index (Phi) is 5.71. The molecule has 2 heterocycles. The van der Waals surface area contributed by atoms with Gasteiger partial charge in [0.15, 0.2) is 0 Å². The lowest BCUT2D eigenvalue weighted by atomic mass is 9.77. The number of nitrogens with zero attached hydrogens (tertiary/aromatic N) is 3. The maximum Gasteiger partial charge on any atom is 0.311 e. The van der Waals surface area contributed by atoms with Crippen molar-refractivity contribution in [2.24, 2.45) is 5.41 Å². The zero-order valence-corrected chi connectivity index (χ0v) is 13.9. The largest absolute Gasteiger partial charge is 0.481 e. The van der Waals surface area contributed by atoms with Crippen molar-refractivity contribution in [2.75, 3.05) is 26.7 Å². The number of aliphatic carboxylic acids is 1. The first-order valence-corrected chi connectivity index (χ1v) is 8.06. The van der Waals surface area contributed by atoms with Crippen LogP contribution >= 0.6 is 0 Å². The number of pyridine rings is 1. The van der Waals surface area contributed by atoms with Gasteiger partial charge in [-0.15, -0.1) is 0 Å². The zero-order chi connectivity index (χ0) is 16.9. The molecule has 1 saturated heterocycles. The smallest absolute Gasteiger partial charge is 0.311 e. The van der Waals surface area contributed by atoms with Gasteiger partial charge in [0.1, 0.15) is 0 Å². The van der Waals surface area contributed by atoms with Crippen molar-refractivity contribution in [2.45, 2.75) is 32.7 Å². The zero-order valence-electron chi connectivity index (χ0n) is 13.9. The molecule has 1 aliphatic rings. The Hall–Kier alpha value is -1.95. The van der Waals surface area contributed by atoms with Gasteiger partial charge in [-0.25, -0.2) is 0 Å². The average molecular weight is 319 g/mol. The highest BCUT2D eigenvalue weighted by Gasteiger charge is 2.42. The van der Waals surface area contributed by atoms with Crippen LogP contribution in [0.25, 0.3) is 0 Å². The van der Waals surface area contributed by atoms with Crippen LogP contribution in [0.4, 0.5) is 0 Å². The van der Waals surface area contributed by atoms with Crippen molar-refractivity contribution in [3.8, 4) is 0 Å². The van der Waals surface area contributed by atoms with E-state index >= 15 is 0 Å². The van der Waals surface area contributed by atoms with Crippen LogP contribution in [0.5, 0.6) is 0 Å². The Morgan fingerprint density at radius 2 is 2.22 bits per heavy atom. The van der Waals surface area contributed by atoms with E-state index in [1.807, 2.05) is 37.1 Å². The van der Waals surface area contributed by atoms with Crippen LogP contribution < -0.4 is 0 Å². The third-order valence-electron chi connectivity index (χ3n) is 4.62. The van der Waals surface area contributed by atoms with E-state index in [4.69, 9.17) is 0 Å². The van der Waals surface area contributed by atoms with Crippen LogP contribution in [-0.4, -0.2) is 58.4 Å². The minimum Gasteiger partial charge on any atom is -0.481 e. The summed E-state index contributed by atoms with van der Waals surface area (Å²) in [6.07, 6.45) is 3.68. The number of carboxylic acid groups (broad SMARTS) is 1. The molecule has 0 radical (unpaired) electrons. The number of likely N-dealkylation sites (tertiary alicyclic amines) is 1. The van der Waals surface area contributed by atoms with E-state index in [2.05, 4.69) is 4.98 Å². The van der Waals surface area contributed by atoms with E-state index in [0.717, 1.165) is 12.1 Å². The first-order chi connectivity index (χ1) is 11.0. The number of likely N-dealkylation sites (N-methyl/N-ethyl adjacent to an activating group) is 1. The minimum atomic E-state index is -0.792. The molecule has 6 heteroatoms. The van der Waals surface area contributed by atoms with Gasteiger partial charge in [0.2, 0.25) is 5.91 Å². The molecule has 0 aliphatic carbocycles. The molecule has 6 nitrogen and oxygen atoms in total. The van der Waals surface area contributed by atoms with Crippen molar-refractivity contribution >= 4 is 11.9 Å². The molecule has 0 aromatic carbocycles. The summed E-state index contributed by atoms with van der Waals surface area (Å²) in [5, 5.41) is 9.51. The fraction of sp³-hybridized carbons (Fsp3) is 0.588. The Bertz CT molecular complexity index is 549. The first-order valence-electron chi connectivity index (χ1n) is 8.06. The van der Waals surface area contributed by atoms with Crippen molar-refractivity contribution in [1.82, 2.24) is 14.8 Å². The van der Waals surface area contributed by atoms with Crippen molar-refractivity contribution in [3.63, 3.8) is 0 Å². The third-order valence-corrected chi connectivity index (χ3v) is 4.62. The monoisotopic (exact) mass is 319 g/mol. The number of carbonyl (C=O) groups is 2. The summed E-state index contributed by atoms with van der Waals surface area (Å²) in [5.74, 6) is -0.804. The summed E-state index contributed by atoms with van der Waals surface area (Å²) in [6, 6.07) is 5.71. The third kappa shape index (κ3) is 4.28. The fourth-order valence-corrected chi connectivity index (χ4v) is 3.11. The summed E-state index contributed by atoms with van der Waals surface area (Å²) >= 11 is 0. The number of aromatic nitrogens is 1. The molecular weight excluding hydrogens is 294 g/mol. The Labute approximate surface area is 137 Å². The molecule has 0 spiro atoms. The lowest BCUT2D eigenvalue weighted by molar-refractivity contribution is -0.155. The van der Waals surface area contributed by atoms with E-state index in [9.17, 15) is 14.7 Å². The summed E-state index contributed by atoms with van der Waals surface area (Å²) < 4.78 is 0. The van der Waals surface area contributed by atoms with Gasteiger partial charge in [-0.3, -0.25) is 19.5 Å². The number of carboxylic acids is 1. The first kappa shape index (κ1) is 17.4. The quantitative estimate of drug-likeness (QED) is 0.862. The molecule has 23 heavy (non-hydrogen) atoms. The molecule has 1 fully saturated rings. The molecular formula is C17H25N3O3. The molecule has 1 amide bonds. The van der Waals surface area contributed by atoms with Crippen LogP contribution in [0.2, 0.25) is 0 Å². The Morgan fingerprint density at radius 3 is 2.83 bits per heavy atom. The van der Waals surface area contributed by atoms with E-state index in [1.54, 1.807) is 11.1 Å². The molecule has 1 aromatic rings. The second kappa shape index (κ2) is 7.55. The van der Waals surface area contributed by atoms with Crippen molar-refractivity contribution < 1.29 is 14.7 Å². The number of amides is 1. The SMILES string of the molecule is CC[C@@]1(C(=O)O)CCCN(C(=O)CN(C)Cc2ccccn2)C1. The van der Waals surface area contributed by atoms with E-state index in [1.165, 1.54) is 0 Å². The molecule has 2 rings (SSSR count). The maximum atomic E-state index is 12.5. The van der Waals surface area contributed by atoms with Crippen LogP contribution in [-0.2, 0) is 16.1 Å². The topological polar surface area (TPSA) is 73.7 Å². The standard InChI is InChI=1S/C17H25N3O3/c1-3-17(16(22)23)8-6-10-20(13-17)15(21)12-19(2)11-14-7-4-5-9-18-14/h4-5,7,9H,3,6,8,10-13H2,1-2H3,(H,22,23)/t17-/m1/s1. The minimum absolute atomic E-state index is 0.0118. The Morgan fingerprint density at radius 1 is 1.43 bits per heavy atom. The van der Waals surface area contributed by atoms with Crippen LogP contribution in [0, 0.1) is 5.41 Å². The highest BCUT2D eigenvalue weighted by Crippen LogP contribution is 2.33. The van der Waals surface area contributed by atoms with Gasteiger partial charge >= 0.3 is 5.97 Å². The summed E-state index contributed by atoms with van der Waals surface area (Å²) in [5.41, 5.74) is 0.128. The van der Waals surface area contributed by atoms with Gasteiger partial charge < -0.3 is 10.0 Å². The predicted molar refractivity (Wildman–Crippen MR) is 86.7 cm³/mol. The van der Waals surface area contributed by atoms with Gasteiger partial charge in [0.25, 0.3) is 0 Å². The highest BCUT2D eigenvalue weighted by molar-refractivity contribution is 5.81. The van der Waals surface area contributed by atoms with Gasteiger partial charge in [0, 0.05) is 25.8 Å². The van der Waals surface area contributed by atoms with Gasteiger partial charge in [0.05, 0.1) is 17.7 Å². The van der Waals surface area contributed by atoms with Gasteiger partial charge in [-0.1, -0.05) is 13.0 Å². The number of rotatable bonds is 6. The van der Waals surface area contributed by atoms with Crippen molar-refractivity contribution in [3.05, 3.63) is 30.1 Å². The van der Waals surface area contributed by atoms with E-state index in [0.29, 0.717) is 32.5 Å². The van der Waals surface area contributed by atoms with Crippen molar-refractivity contribution in [1.29, 1.82) is 0 Å². The molecule has 0 saturated carbocycles. The van der Waals surface area contributed by atoms with Gasteiger partial charge in [-0.2, -0.15) is 0 Å². The molecule has 1 atom stereocenters.